The summed E-state index contributed by atoms with van der Waals surface area (Å²) >= 11 is 0. The van der Waals surface area contributed by atoms with Crippen LogP contribution in [0.15, 0.2) is 0 Å². The molecule has 4 heteroatoms. The normalized spacial score (nSPS) is 11.9. The number of nitrogens with two attached hydrogens (primary N) is 1. The second kappa shape index (κ2) is 27.4. The summed E-state index contributed by atoms with van der Waals surface area (Å²) in [5, 5.41) is 8.56. The standard InChI is InChI=1S/C22H44O2.C5H14N2/c1-2-3-4-5-6-7-8-9-10-11-12-13-14-15-16-17-18-19-20-21-22(23)24;1-4-5(6)7(2)3/h2-21H2,1H3,(H,23,24);5H,4,6H2,1-3H3. The maximum absolute atomic E-state index is 10.4. The first-order valence-electron chi connectivity index (χ1n) is 13.6. The van der Waals surface area contributed by atoms with Crippen molar-refractivity contribution in [1.29, 1.82) is 0 Å². The molecule has 0 aliphatic rings. The molecule has 0 saturated carbocycles. The summed E-state index contributed by atoms with van der Waals surface area (Å²) in [5.74, 6) is -0.651. The van der Waals surface area contributed by atoms with Gasteiger partial charge in [0.15, 0.2) is 0 Å². The third-order valence-electron chi connectivity index (χ3n) is 6.08. The molecule has 0 aromatic rings. The van der Waals surface area contributed by atoms with Crippen molar-refractivity contribution in [2.75, 3.05) is 14.1 Å². The van der Waals surface area contributed by atoms with E-state index in [9.17, 15) is 4.79 Å². The molecule has 0 aliphatic heterocycles. The molecule has 0 fully saturated rings. The molecule has 0 radical (unpaired) electrons. The molecule has 31 heavy (non-hydrogen) atoms. The molecule has 0 rings (SSSR count). The van der Waals surface area contributed by atoms with Gasteiger partial charge in [0.1, 0.15) is 0 Å². The van der Waals surface area contributed by atoms with Crippen LogP contribution in [0.1, 0.15) is 149 Å². The van der Waals surface area contributed by atoms with Crippen molar-refractivity contribution in [2.24, 2.45) is 5.73 Å². The number of unbranched alkanes of at least 4 members (excludes halogenated alkanes) is 18. The van der Waals surface area contributed by atoms with Crippen molar-refractivity contribution in [2.45, 2.75) is 155 Å². The van der Waals surface area contributed by atoms with Crippen LogP contribution >= 0.6 is 0 Å². The van der Waals surface area contributed by atoms with Crippen LogP contribution in [0.4, 0.5) is 0 Å². The number of aliphatic carboxylic acids is 1. The molecule has 3 N–H and O–H groups in total. The lowest BCUT2D eigenvalue weighted by atomic mass is 10.0. The predicted molar refractivity (Wildman–Crippen MR) is 138 cm³/mol. The summed E-state index contributed by atoms with van der Waals surface area (Å²) in [7, 11) is 3.96. The van der Waals surface area contributed by atoms with Gasteiger partial charge >= 0.3 is 5.97 Å². The van der Waals surface area contributed by atoms with E-state index >= 15 is 0 Å². The van der Waals surface area contributed by atoms with Crippen molar-refractivity contribution in [3.63, 3.8) is 0 Å². The first kappa shape index (κ1) is 32.6. The molecule has 0 aromatic heterocycles. The highest BCUT2D eigenvalue weighted by Gasteiger charge is 1.98. The molecule has 0 heterocycles. The highest BCUT2D eigenvalue weighted by molar-refractivity contribution is 5.66. The van der Waals surface area contributed by atoms with Crippen LogP contribution in [0.3, 0.4) is 0 Å². The summed E-state index contributed by atoms with van der Waals surface area (Å²) in [4.78, 5) is 12.4. The van der Waals surface area contributed by atoms with E-state index in [0.717, 1.165) is 19.3 Å². The van der Waals surface area contributed by atoms with Gasteiger partial charge in [0.2, 0.25) is 0 Å². The highest BCUT2D eigenvalue weighted by Crippen LogP contribution is 2.14. The minimum atomic E-state index is -0.651. The molecule has 1 unspecified atom stereocenters. The van der Waals surface area contributed by atoms with E-state index in [1.165, 1.54) is 109 Å². The Morgan fingerprint density at radius 1 is 0.645 bits per heavy atom. The molecule has 4 nitrogen and oxygen atoms in total. The topological polar surface area (TPSA) is 66.6 Å². The van der Waals surface area contributed by atoms with Crippen LogP contribution in [0.25, 0.3) is 0 Å². The van der Waals surface area contributed by atoms with Gasteiger partial charge in [-0.2, -0.15) is 0 Å². The summed E-state index contributed by atoms with van der Waals surface area (Å²) < 4.78 is 0. The van der Waals surface area contributed by atoms with Crippen molar-refractivity contribution in [3.05, 3.63) is 0 Å². The minimum absolute atomic E-state index is 0.236. The van der Waals surface area contributed by atoms with Crippen molar-refractivity contribution in [1.82, 2.24) is 4.90 Å². The maximum atomic E-state index is 10.4. The zero-order valence-corrected chi connectivity index (χ0v) is 21.8. The van der Waals surface area contributed by atoms with Gasteiger partial charge in [-0.15, -0.1) is 0 Å². The minimum Gasteiger partial charge on any atom is -0.481 e. The molecule has 0 aromatic carbocycles. The maximum Gasteiger partial charge on any atom is 0.303 e. The van der Waals surface area contributed by atoms with Crippen LogP contribution in [0, 0.1) is 0 Å². The van der Waals surface area contributed by atoms with Crippen LogP contribution in [-0.4, -0.2) is 36.2 Å². The second-order valence-corrected chi connectivity index (χ2v) is 9.45. The van der Waals surface area contributed by atoms with Crippen LogP contribution in [0.2, 0.25) is 0 Å². The Morgan fingerprint density at radius 2 is 0.935 bits per heavy atom. The van der Waals surface area contributed by atoms with E-state index < -0.39 is 5.97 Å². The van der Waals surface area contributed by atoms with E-state index in [2.05, 4.69) is 13.8 Å². The van der Waals surface area contributed by atoms with Crippen LogP contribution < -0.4 is 5.73 Å². The molecule has 0 amide bonds. The number of carbonyl (C=O) groups is 1. The van der Waals surface area contributed by atoms with E-state index in [1.54, 1.807) is 0 Å². The Bertz CT molecular complexity index is 348. The SMILES string of the molecule is CCC(N)N(C)C.CCCCCCCCCCCCCCCCCCCCCC(=O)O. The molecule has 0 aliphatic carbocycles. The Morgan fingerprint density at radius 3 is 1.13 bits per heavy atom. The third-order valence-corrected chi connectivity index (χ3v) is 6.08. The molecule has 0 bridgehead atoms. The number of carboxylic acids is 1. The fourth-order valence-electron chi connectivity index (χ4n) is 3.72. The fraction of sp³-hybridized carbons (Fsp3) is 0.963. The van der Waals surface area contributed by atoms with Crippen LogP contribution in [0.5, 0.6) is 0 Å². The average Bonchev–Trinajstić information content (AvgIpc) is 2.75. The van der Waals surface area contributed by atoms with Gasteiger partial charge in [0, 0.05) is 6.42 Å². The number of carboxylic acid groups (broad SMARTS) is 1. The zero-order chi connectivity index (χ0) is 23.6. The molecule has 0 spiro atoms. The van der Waals surface area contributed by atoms with Gasteiger partial charge in [-0.3, -0.25) is 9.69 Å². The average molecular weight is 443 g/mol. The quantitative estimate of drug-likeness (QED) is 0.131. The monoisotopic (exact) mass is 442 g/mol. The number of rotatable bonds is 22. The van der Waals surface area contributed by atoms with E-state index in [0.29, 0.717) is 6.42 Å². The summed E-state index contributed by atoms with van der Waals surface area (Å²) in [6.07, 6.45) is 27.4. The van der Waals surface area contributed by atoms with E-state index in [1.807, 2.05) is 19.0 Å². The van der Waals surface area contributed by atoms with Gasteiger partial charge in [-0.05, 0) is 26.9 Å². The number of nitrogens with zero attached hydrogens (tertiary/aromatic N) is 1. The van der Waals surface area contributed by atoms with Crippen molar-refractivity contribution >= 4 is 5.97 Å². The largest absolute Gasteiger partial charge is 0.481 e. The Hall–Kier alpha value is -0.610. The molecule has 1 atom stereocenters. The summed E-state index contributed by atoms with van der Waals surface area (Å²) in [5.41, 5.74) is 5.54. The lowest BCUT2D eigenvalue weighted by Gasteiger charge is -2.16. The Kier molecular flexibility index (Phi) is 28.8. The van der Waals surface area contributed by atoms with Gasteiger partial charge in [0.25, 0.3) is 0 Å². The van der Waals surface area contributed by atoms with Gasteiger partial charge in [-0.25, -0.2) is 0 Å². The molecular formula is C27H58N2O2. The Balaban J connectivity index is 0. The number of hydrogen-bond donors (Lipinski definition) is 2. The summed E-state index contributed by atoms with van der Waals surface area (Å²) in [6, 6.07) is 0. The fourth-order valence-corrected chi connectivity index (χ4v) is 3.72. The zero-order valence-electron chi connectivity index (χ0n) is 21.8. The van der Waals surface area contributed by atoms with Crippen LogP contribution in [-0.2, 0) is 4.79 Å². The molecule has 188 valence electrons. The van der Waals surface area contributed by atoms with Crippen molar-refractivity contribution < 1.29 is 9.90 Å². The van der Waals surface area contributed by atoms with E-state index in [4.69, 9.17) is 10.8 Å². The lowest BCUT2D eigenvalue weighted by Crippen LogP contribution is -2.35. The lowest BCUT2D eigenvalue weighted by molar-refractivity contribution is -0.137. The van der Waals surface area contributed by atoms with Gasteiger partial charge < -0.3 is 10.8 Å². The first-order chi connectivity index (χ1) is 15.0. The Labute approximate surface area is 195 Å². The first-order valence-corrected chi connectivity index (χ1v) is 13.6. The van der Waals surface area contributed by atoms with Gasteiger partial charge in [-0.1, -0.05) is 129 Å². The van der Waals surface area contributed by atoms with Crippen molar-refractivity contribution in [3.8, 4) is 0 Å². The number of hydrogen-bond acceptors (Lipinski definition) is 3. The smallest absolute Gasteiger partial charge is 0.303 e. The highest BCUT2D eigenvalue weighted by atomic mass is 16.4. The van der Waals surface area contributed by atoms with E-state index in [-0.39, 0.29) is 6.17 Å². The second-order valence-electron chi connectivity index (χ2n) is 9.45. The van der Waals surface area contributed by atoms with Gasteiger partial charge in [0.05, 0.1) is 6.17 Å². The third kappa shape index (κ3) is 31.7. The summed E-state index contributed by atoms with van der Waals surface area (Å²) in [6.45, 7) is 4.36. The molecular weight excluding hydrogens is 384 g/mol. The molecule has 0 saturated heterocycles. The predicted octanol–water partition coefficient (Wildman–Crippen LogP) is 8.14.